The lowest BCUT2D eigenvalue weighted by atomic mass is 9.79. The zero-order valence-electron chi connectivity index (χ0n) is 5.95. The van der Waals surface area contributed by atoms with Crippen molar-refractivity contribution in [3.05, 3.63) is 12.2 Å². The van der Waals surface area contributed by atoms with Gasteiger partial charge in [0.15, 0.2) is 6.17 Å². The highest BCUT2D eigenvalue weighted by atomic mass is 19.2. The predicted octanol–water partition coefficient (Wildman–Crippen LogP) is 1.27. The molecule has 2 nitrogen and oxygen atoms in total. The van der Waals surface area contributed by atoms with Crippen LogP contribution in [-0.4, -0.2) is 29.6 Å². The summed E-state index contributed by atoms with van der Waals surface area (Å²) < 4.78 is 37.0. The summed E-state index contributed by atoms with van der Waals surface area (Å²) in [6, 6.07) is 0. The lowest BCUT2D eigenvalue weighted by molar-refractivity contribution is -0.131. The van der Waals surface area contributed by atoms with E-state index in [9.17, 15) is 18.0 Å². The van der Waals surface area contributed by atoms with E-state index in [1.807, 2.05) is 0 Å². The Morgan fingerprint density at radius 3 is 2.08 bits per heavy atom. The Bertz CT molecular complexity index is 207. The molecule has 2 atom stereocenters. The molecule has 0 aromatic carbocycles. The van der Waals surface area contributed by atoms with Gasteiger partial charge in [-0.2, -0.15) is 0 Å². The van der Waals surface area contributed by atoms with Crippen molar-refractivity contribution in [1.29, 1.82) is 0 Å². The fraction of sp³-hybridized carbons (Fsp3) is 0.571. The maximum absolute atomic E-state index is 12.4. The van der Waals surface area contributed by atoms with Gasteiger partial charge < -0.3 is 5.11 Å². The molecule has 1 rings (SSSR count). The van der Waals surface area contributed by atoms with E-state index in [0.717, 1.165) is 6.08 Å². The van der Waals surface area contributed by atoms with E-state index in [1.54, 1.807) is 0 Å². The first-order valence-corrected chi connectivity index (χ1v) is 3.37. The second-order valence-electron chi connectivity index (χ2n) is 2.61. The summed E-state index contributed by atoms with van der Waals surface area (Å²) in [4.78, 5) is 9.91. The molecule has 0 bridgehead atoms. The van der Waals surface area contributed by atoms with Crippen molar-refractivity contribution < 1.29 is 23.1 Å². The largest absolute Gasteiger partial charge is 0.478 e. The van der Waals surface area contributed by atoms with Crippen molar-refractivity contribution >= 4 is 5.97 Å². The second-order valence-corrected chi connectivity index (χ2v) is 2.61. The van der Waals surface area contributed by atoms with E-state index >= 15 is 0 Å². The third kappa shape index (κ3) is 1.44. The molecule has 68 valence electrons. The summed E-state index contributed by atoms with van der Waals surface area (Å²) in [5.41, 5.74) is 0. The van der Waals surface area contributed by atoms with Crippen molar-refractivity contribution in [2.45, 2.75) is 18.5 Å². The van der Waals surface area contributed by atoms with Gasteiger partial charge in [0.25, 0.3) is 0 Å². The summed E-state index contributed by atoms with van der Waals surface area (Å²) in [6.45, 7) is 0. The molecule has 0 spiro atoms. The van der Waals surface area contributed by atoms with E-state index in [0.29, 0.717) is 6.08 Å². The molecule has 1 aliphatic carbocycles. The Morgan fingerprint density at radius 1 is 1.17 bits per heavy atom. The summed E-state index contributed by atoms with van der Waals surface area (Å²) in [7, 11) is 0. The molecule has 1 N–H and O–H groups in total. The van der Waals surface area contributed by atoms with Gasteiger partial charge in [-0.25, -0.2) is 18.0 Å². The van der Waals surface area contributed by atoms with E-state index in [-0.39, 0.29) is 0 Å². The number of hydrogen-bond acceptors (Lipinski definition) is 1. The van der Waals surface area contributed by atoms with Crippen LogP contribution in [0.2, 0.25) is 0 Å². The second kappa shape index (κ2) is 3.16. The zero-order valence-corrected chi connectivity index (χ0v) is 5.95. The number of rotatable bonds is 2. The van der Waals surface area contributed by atoms with Crippen LogP contribution in [0.3, 0.4) is 0 Å². The smallest absolute Gasteiger partial charge is 0.327 e. The number of allylic oxidation sites excluding steroid dienone is 1. The molecule has 0 aromatic rings. The third-order valence-electron chi connectivity index (χ3n) is 1.80. The van der Waals surface area contributed by atoms with Crippen molar-refractivity contribution in [1.82, 2.24) is 0 Å². The Balaban J connectivity index is 2.50. The molecule has 0 radical (unpaired) electrons. The molecule has 12 heavy (non-hydrogen) atoms. The van der Waals surface area contributed by atoms with Crippen molar-refractivity contribution in [3.8, 4) is 0 Å². The molecule has 0 saturated heterocycles. The number of aliphatic carboxylic acids is 1. The van der Waals surface area contributed by atoms with Crippen LogP contribution in [0.15, 0.2) is 12.2 Å². The monoisotopic (exact) mass is 180 g/mol. The van der Waals surface area contributed by atoms with Gasteiger partial charge in [0, 0.05) is 12.0 Å². The summed E-state index contributed by atoms with van der Waals surface area (Å²) in [5, 5.41) is 8.09. The van der Waals surface area contributed by atoms with Crippen LogP contribution in [0.1, 0.15) is 0 Å². The van der Waals surface area contributed by atoms with Crippen molar-refractivity contribution in [3.63, 3.8) is 0 Å². The number of alkyl halides is 3. The molecule has 0 aromatic heterocycles. The van der Waals surface area contributed by atoms with Crippen LogP contribution in [-0.2, 0) is 4.79 Å². The Labute approximate surface area is 66.7 Å². The van der Waals surface area contributed by atoms with Crippen LogP contribution in [0.5, 0.6) is 0 Å². The minimum Gasteiger partial charge on any atom is -0.478 e. The lowest BCUT2D eigenvalue weighted by Gasteiger charge is -2.35. The van der Waals surface area contributed by atoms with Crippen molar-refractivity contribution in [2.24, 2.45) is 5.92 Å². The van der Waals surface area contributed by atoms with Crippen LogP contribution in [0.4, 0.5) is 13.2 Å². The minimum absolute atomic E-state index is 0.621. The number of carboxylic acid groups (broad SMARTS) is 1. The predicted molar refractivity (Wildman–Crippen MR) is 35.0 cm³/mol. The number of hydrogen-bond donors (Lipinski definition) is 1. The molecule has 2 unspecified atom stereocenters. The molecule has 0 amide bonds. The van der Waals surface area contributed by atoms with E-state index in [1.165, 1.54) is 0 Å². The van der Waals surface area contributed by atoms with E-state index < -0.39 is 30.4 Å². The Morgan fingerprint density at radius 2 is 1.67 bits per heavy atom. The van der Waals surface area contributed by atoms with Gasteiger partial charge in [0.05, 0.1) is 0 Å². The maximum Gasteiger partial charge on any atom is 0.327 e. The highest BCUT2D eigenvalue weighted by Crippen LogP contribution is 2.37. The summed E-state index contributed by atoms with van der Waals surface area (Å²) >= 11 is 0. The first-order valence-electron chi connectivity index (χ1n) is 3.37. The first-order chi connectivity index (χ1) is 5.54. The fourth-order valence-corrected chi connectivity index (χ4v) is 1.04. The lowest BCUT2D eigenvalue weighted by Crippen LogP contribution is -2.51. The highest BCUT2D eigenvalue weighted by molar-refractivity contribution is 5.79. The van der Waals surface area contributed by atoms with Crippen LogP contribution in [0, 0.1) is 5.92 Å². The molecule has 1 fully saturated rings. The molecule has 1 saturated carbocycles. The maximum atomic E-state index is 12.4. The van der Waals surface area contributed by atoms with Gasteiger partial charge in [-0.1, -0.05) is 6.08 Å². The number of carboxylic acids is 1. The van der Waals surface area contributed by atoms with E-state index in [4.69, 9.17) is 5.11 Å². The molecule has 0 heterocycles. The fourth-order valence-electron chi connectivity index (χ4n) is 1.04. The molecular formula is C7H7F3O2. The molecule has 1 aliphatic rings. The minimum atomic E-state index is -2.10. The van der Waals surface area contributed by atoms with Gasteiger partial charge >= 0.3 is 5.97 Å². The Hall–Kier alpha value is -1.00. The van der Waals surface area contributed by atoms with Gasteiger partial charge in [-0.15, -0.1) is 0 Å². The highest BCUT2D eigenvalue weighted by Gasteiger charge is 2.51. The summed E-state index contributed by atoms with van der Waals surface area (Å²) in [6.07, 6.45) is -4.46. The average molecular weight is 180 g/mol. The average Bonchev–Trinajstić information content (AvgIpc) is 2.03. The van der Waals surface area contributed by atoms with Crippen LogP contribution in [0.25, 0.3) is 0 Å². The van der Waals surface area contributed by atoms with Gasteiger partial charge in [0.1, 0.15) is 12.3 Å². The van der Waals surface area contributed by atoms with Gasteiger partial charge in [0.2, 0.25) is 0 Å². The van der Waals surface area contributed by atoms with Crippen molar-refractivity contribution in [2.75, 3.05) is 0 Å². The molecular weight excluding hydrogens is 173 g/mol. The number of carbonyl (C=O) groups is 1. The zero-order chi connectivity index (χ0) is 9.30. The topological polar surface area (TPSA) is 37.3 Å². The van der Waals surface area contributed by atoms with E-state index in [2.05, 4.69) is 0 Å². The van der Waals surface area contributed by atoms with Gasteiger partial charge in [-0.05, 0) is 0 Å². The van der Waals surface area contributed by atoms with Crippen LogP contribution < -0.4 is 0 Å². The standard InChI is InChI=1S/C7H7F3O2/c8-5-3(1-2-4(11)12)6(9)7(5)10/h1-3,5-7H,(H,11,12). The first kappa shape index (κ1) is 9.09. The molecule has 5 heteroatoms. The third-order valence-corrected chi connectivity index (χ3v) is 1.80. The molecule has 0 aliphatic heterocycles. The van der Waals surface area contributed by atoms with Gasteiger partial charge in [-0.3, -0.25) is 0 Å². The van der Waals surface area contributed by atoms with Crippen LogP contribution >= 0.6 is 0 Å². The normalized spacial score (nSPS) is 41.2. The Kier molecular flexibility index (Phi) is 2.40. The SMILES string of the molecule is O=C(O)C=CC1C(F)C(F)C1F. The number of halogens is 3. The quantitative estimate of drug-likeness (QED) is 0.650. The summed E-state index contributed by atoms with van der Waals surface area (Å²) in [5.74, 6) is -2.53.